The highest BCUT2D eigenvalue weighted by molar-refractivity contribution is 9.10. The molecule has 0 fully saturated rings. The van der Waals surface area contributed by atoms with Crippen molar-refractivity contribution in [2.24, 2.45) is 0 Å². The molecule has 0 aliphatic heterocycles. The van der Waals surface area contributed by atoms with Crippen LogP contribution in [0.4, 0.5) is 5.69 Å². The molecule has 0 atom stereocenters. The SMILES string of the molecule is CCC(CC)(CO)Nc1ccc(Br)cc1C#N. The van der Waals surface area contributed by atoms with Gasteiger partial charge < -0.3 is 10.4 Å². The Hall–Kier alpha value is -1.05. The molecule has 92 valence electrons. The highest BCUT2D eigenvalue weighted by Gasteiger charge is 2.25. The molecule has 0 amide bonds. The van der Waals surface area contributed by atoms with Crippen LogP contribution in [-0.2, 0) is 0 Å². The summed E-state index contributed by atoms with van der Waals surface area (Å²) in [5.41, 5.74) is 1.01. The largest absolute Gasteiger partial charge is 0.394 e. The Balaban J connectivity index is 3.06. The fraction of sp³-hybridized carbons (Fsp3) is 0.462. The third-order valence-corrected chi connectivity index (χ3v) is 3.65. The second-order valence-corrected chi connectivity index (χ2v) is 4.99. The lowest BCUT2D eigenvalue weighted by Crippen LogP contribution is -2.41. The van der Waals surface area contributed by atoms with Gasteiger partial charge in [0.25, 0.3) is 0 Å². The molecule has 3 nitrogen and oxygen atoms in total. The zero-order chi connectivity index (χ0) is 12.9. The minimum Gasteiger partial charge on any atom is -0.394 e. The van der Waals surface area contributed by atoms with E-state index in [1.807, 2.05) is 26.0 Å². The van der Waals surface area contributed by atoms with Crippen molar-refractivity contribution in [3.8, 4) is 6.07 Å². The number of anilines is 1. The zero-order valence-corrected chi connectivity index (χ0v) is 11.7. The van der Waals surface area contributed by atoms with E-state index in [0.29, 0.717) is 5.56 Å². The molecule has 0 spiro atoms. The van der Waals surface area contributed by atoms with Crippen LogP contribution in [0.25, 0.3) is 0 Å². The van der Waals surface area contributed by atoms with Gasteiger partial charge in [-0.3, -0.25) is 0 Å². The predicted octanol–water partition coefficient (Wildman–Crippen LogP) is 3.28. The first-order valence-electron chi connectivity index (χ1n) is 5.69. The number of nitriles is 1. The maximum Gasteiger partial charge on any atom is 0.101 e. The molecule has 1 aromatic carbocycles. The lowest BCUT2D eigenvalue weighted by atomic mass is 9.93. The Morgan fingerprint density at radius 2 is 2.06 bits per heavy atom. The van der Waals surface area contributed by atoms with E-state index in [-0.39, 0.29) is 12.1 Å². The number of hydrogen-bond acceptors (Lipinski definition) is 3. The third kappa shape index (κ3) is 3.21. The highest BCUT2D eigenvalue weighted by atomic mass is 79.9. The summed E-state index contributed by atoms with van der Waals surface area (Å²) in [7, 11) is 0. The monoisotopic (exact) mass is 296 g/mol. The molecular formula is C13H17BrN2O. The normalized spacial score (nSPS) is 11.0. The molecule has 0 aliphatic rings. The molecule has 0 heterocycles. The van der Waals surface area contributed by atoms with E-state index in [1.165, 1.54) is 0 Å². The van der Waals surface area contributed by atoms with E-state index in [2.05, 4.69) is 27.3 Å². The maximum atomic E-state index is 9.50. The second-order valence-electron chi connectivity index (χ2n) is 4.07. The molecule has 0 radical (unpaired) electrons. The third-order valence-electron chi connectivity index (χ3n) is 3.16. The summed E-state index contributed by atoms with van der Waals surface area (Å²) in [5.74, 6) is 0. The van der Waals surface area contributed by atoms with Crippen LogP contribution in [0.1, 0.15) is 32.3 Å². The van der Waals surface area contributed by atoms with Crippen molar-refractivity contribution in [2.75, 3.05) is 11.9 Å². The van der Waals surface area contributed by atoms with Crippen molar-refractivity contribution < 1.29 is 5.11 Å². The van der Waals surface area contributed by atoms with E-state index in [1.54, 1.807) is 6.07 Å². The van der Waals surface area contributed by atoms with Crippen molar-refractivity contribution in [1.29, 1.82) is 5.26 Å². The summed E-state index contributed by atoms with van der Waals surface area (Å²) in [6, 6.07) is 7.68. The number of halogens is 1. The number of rotatable bonds is 5. The number of benzene rings is 1. The van der Waals surface area contributed by atoms with Gasteiger partial charge >= 0.3 is 0 Å². The van der Waals surface area contributed by atoms with Crippen molar-refractivity contribution >= 4 is 21.6 Å². The topological polar surface area (TPSA) is 56.0 Å². The van der Waals surface area contributed by atoms with E-state index in [9.17, 15) is 5.11 Å². The molecule has 0 bridgehead atoms. The Bertz CT molecular complexity index is 414. The molecule has 4 heteroatoms. The molecule has 1 aromatic rings. The van der Waals surface area contributed by atoms with Gasteiger partial charge in [-0.25, -0.2) is 0 Å². The van der Waals surface area contributed by atoms with Crippen LogP contribution in [0.5, 0.6) is 0 Å². The second kappa shape index (κ2) is 6.04. The first kappa shape index (κ1) is 14.0. The van der Waals surface area contributed by atoms with Crippen molar-refractivity contribution in [2.45, 2.75) is 32.2 Å². The van der Waals surface area contributed by atoms with Gasteiger partial charge in [0.1, 0.15) is 6.07 Å². The van der Waals surface area contributed by atoms with E-state index in [4.69, 9.17) is 5.26 Å². The van der Waals surface area contributed by atoms with Gasteiger partial charge in [-0.05, 0) is 31.0 Å². The molecule has 2 N–H and O–H groups in total. The average Bonchev–Trinajstić information content (AvgIpc) is 2.37. The molecule has 0 aromatic heterocycles. The van der Waals surface area contributed by atoms with Crippen molar-refractivity contribution in [3.05, 3.63) is 28.2 Å². The van der Waals surface area contributed by atoms with E-state index < -0.39 is 0 Å². The van der Waals surface area contributed by atoms with Gasteiger partial charge in [0.15, 0.2) is 0 Å². The Morgan fingerprint density at radius 1 is 1.41 bits per heavy atom. The standard InChI is InChI=1S/C13H17BrN2O/c1-3-13(4-2,9-17)16-12-6-5-11(14)7-10(12)8-15/h5-7,16-17H,3-4,9H2,1-2H3. The van der Waals surface area contributed by atoms with Crippen LogP contribution in [0, 0.1) is 11.3 Å². The van der Waals surface area contributed by atoms with E-state index in [0.717, 1.165) is 23.0 Å². The van der Waals surface area contributed by atoms with Crippen LogP contribution >= 0.6 is 15.9 Å². The first-order chi connectivity index (χ1) is 8.10. The summed E-state index contributed by atoms with van der Waals surface area (Å²) in [6.45, 7) is 4.11. The summed E-state index contributed by atoms with van der Waals surface area (Å²) in [6.07, 6.45) is 1.61. The summed E-state index contributed by atoms with van der Waals surface area (Å²) in [4.78, 5) is 0. The number of aliphatic hydroxyl groups excluding tert-OH is 1. The zero-order valence-electron chi connectivity index (χ0n) is 10.1. The van der Waals surface area contributed by atoms with Gasteiger partial charge in [0.2, 0.25) is 0 Å². The lowest BCUT2D eigenvalue weighted by molar-refractivity contribution is 0.202. The fourth-order valence-electron chi connectivity index (χ4n) is 1.69. The summed E-state index contributed by atoms with van der Waals surface area (Å²) < 4.78 is 0.877. The molecule has 1 rings (SSSR count). The van der Waals surface area contributed by atoms with Crippen molar-refractivity contribution in [1.82, 2.24) is 0 Å². The number of nitrogens with zero attached hydrogens (tertiary/aromatic N) is 1. The van der Waals surface area contributed by atoms with Gasteiger partial charge in [0, 0.05) is 4.47 Å². The number of hydrogen-bond donors (Lipinski definition) is 2. The Labute approximate surface area is 111 Å². The lowest BCUT2D eigenvalue weighted by Gasteiger charge is -2.32. The number of nitrogens with one attached hydrogen (secondary N) is 1. The maximum absolute atomic E-state index is 9.50. The van der Waals surface area contributed by atoms with E-state index >= 15 is 0 Å². The van der Waals surface area contributed by atoms with Crippen LogP contribution in [0.3, 0.4) is 0 Å². The van der Waals surface area contributed by atoms with Gasteiger partial charge in [-0.15, -0.1) is 0 Å². The molecule has 0 saturated heterocycles. The van der Waals surface area contributed by atoms with Gasteiger partial charge in [0.05, 0.1) is 23.4 Å². The summed E-state index contributed by atoms with van der Waals surface area (Å²) >= 11 is 3.34. The van der Waals surface area contributed by atoms with Crippen molar-refractivity contribution in [3.63, 3.8) is 0 Å². The van der Waals surface area contributed by atoms with Crippen LogP contribution < -0.4 is 5.32 Å². The van der Waals surface area contributed by atoms with Gasteiger partial charge in [-0.2, -0.15) is 5.26 Å². The fourth-order valence-corrected chi connectivity index (χ4v) is 2.05. The minimum absolute atomic E-state index is 0.0565. The Kier molecular flexibility index (Phi) is 4.98. The van der Waals surface area contributed by atoms with Gasteiger partial charge in [-0.1, -0.05) is 29.8 Å². The average molecular weight is 297 g/mol. The quantitative estimate of drug-likeness (QED) is 0.877. The molecule has 0 unspecified atom stereocenters. The van der Waals surface area contributed by atoms with Crippen LogP contribution in [0.2, 0.25) is 0 Å². The molecule has 0 aliphatic carbocycles. The number of aliphatic hydroxyl groups is 1. The van der Waals surface area contributed by atoms with Crippen LogP contribution in [0.15, 0.2) is 22.7 Å². The molecule has 17 heavy (non-hydrogen) atoms. The smallest absolute Gasteiger partial charge is 0.101 e. The first-order valence-corrected chi connectivity index (χ1v) is 6.48. The highest BCUT2D eigenvalue weighted by Crippen LogP contribution is 2.26. The predicted molar refractivity (Wildman–Crippen MR) is 72.9 cm³/mol. The Morgan fingerprint density at radius 3 is 2.53 bits per heavy atom. The molecule has 0 saturated carbocycles. The minimum atomic E-state index is -0.348. The van der Waals surface area contributed by atoms with Crippen LogP contribution in [-0.4, -0.2) is 17.3 Å². The molecular weight excluding hydrogens is 280 g/mol. The summed E-state index contributed by atoms with van der Waals surface area (Å²) in [5, 5.41) is 21.9.